The maximum absolute atomic E-state index is 12.5. The molecule has 4 bridgehead atoms. The highest BCUT2D eigenvalue weighted by Gasteiger charge is 2.55. The Morgan fingerprint density at radius 1 is 1.06 bits per heavy atom. The summed E-state index contributed by atoms with van der Waals surface area (Å²) in [5.74, 6) is 2.58. The fourth-order valence-electron chi connectivity index (χ4n) is 4.80. The van der Waals surface area contributed by atoms with E-state index in [1.54, 1.807) is 0 Å². The summed E-state index contributed by atoms with van der Waals surface area (Å²) >= 11 is 0. The summed E-state index contributed by atoms with van der Waals surface area (Å²) < 4.78 is 5.65. The second-order valence-corrected chi connectivity index (χ2v) is 8.33. The van der Waals surface area contributed by atoms with Crippen LogP contribution >= 0.6 is 0 Å². The zero-order valence-electron chi connectivity index (χ0n) is 12.0. The van der Waals surface area contributed by atoms with Gasteiger partial charge >= 0.3 is 5.97 Å². The number of hydrogen-bond donors (Lipinski definition) is 0. The quantitative estimate of drug-likeness (QED) is 0.697. The van der Waals surface area contributed by atoms with Gasteiger partial charge in [-0.2, -0.15) is 0 Å². The first-order valence-electron chi connectivity index (χ1n) is 7.54. The van der Waals surface area contributed by atoms with Crippen LogP contribution in [-0.2, 0) is 9.53 Å². The topological polar surface area (TPSA) is 26.3 Å². The third-order valence-corrected chi connectivity index (χ3v) is 5.11. The normalized spacial score (nSPS) is 42.1. The molecule has 2 nitrogen and oxygen atoms in total. The average Bonchev–Trinajstić information content (AvgIpc) is 2.22. The van der Waals surface area contributed by atoms with E-state index in [1.807, 2.05) is 0 Å². The predicted octanol–water partition coefficient (Wildman–Crippen LogP) is 3.79. The number of hydrogen-bond acceptors (Lipinski definition) is 2. The molecule has 0 heterocycles. The number of carbonyl (C=O) groups is 1. The lowest BCUT2D eigenvalue weighted by molar-refractivity contribution is -0.174. The summed E-state index contributed by atoms with van der Waals surface area (Å²) in [6.07, 6.45) is 7.48. The highest BCUT2D eigenvalue weighted by molar-refractivity contribution is 5.77. The van der Waals surface area contributed by atoms with Crippen LogP contribution in [0.3, 0.4) is 0 Å². The Labute approximate surface area is 110 Å². The highest BCUT2D eigenvalue weighted by Crippen LogP contribution is 2.60. The third-order valence-electron chi connectivity index (χ3n) is 5.11. The van der Waals surface area contributed by atoms with Gasteiger partial charge in [0.1, 0.15) is 0 Å². The van der Waals surface area contributed by atoms with Gasteiger partial charge in [0.15, 0.2) is 0 Å². The molecule has 0 amide bonds. The molecular weight excluding hydrogens is 224 g/mol. The fourth-order valence-corrected chi connectivity index (χ4v) is 4.80. The van der Waals surface area contributed by atoms with Crippen LogP contribution in [-0.4, -0.2) is 12.6 Å². The molecule has 0 aromatic rings. The van der Waals surface area contributed by atoms with Crippen molar-refractivity contribution in [2.75, 3.05) is 6.61 Å². The van der Waals surface area contributed by atoms with Crippen LogP contribution in [0.4, 0.5) is 0 Å². The molecule has 4 aliphatic rings. The van der Waals surface area contributed by atoms with Crippen molar-refractivity contribution < 1.29 is 9.53 Å². The minimum Gasteiger partial charge on any atom is -0.465 e. The Balaban J connectivity index is 1.69. The standard InChI is InChI=1S/C16H26O2/c1-15(2,3)10-18-14(17)16-7-11-4-12(8-16)6-13(5-11)9-16/h11-13H,4-10H2,1-3H3. The summed E-state index contributed by atoms with van der Waals surface area (Å²) in [5.41, 5.74) is -0.00203. The number of esters is 1. The van der Waals surface area contributed by atoms with Gasteiger partial charge < -0.3 is 4.74 Å². The van der Waals surface area contributed by atoms with Crippen LogP contribution in [0.5, 0.6) is 0 Å². The monoisotopic (exact) mass is 250 g/mol. The van der Waals surface area contributed by atoms with E-state index in [0.29, 0.717) is 6.61 Å². The zero-order valence-corrected chi connectivity index (χ0v) is 12.0. The van der Waals surface area contributed by atoms with Crippen molar-refractivity contribution in [3.8, 4) is 0 Å². The zero-order chi connectivity index (χ0) is 13.0. The second kappa shape index (κ2) is 3.98. The molecule has 0 radical (unpaired) electrons. The summed E-state index contributed by atoms with van der Waals surface area (Å²) in [6.45, 7) is 6.94. The molecule has 0 unspecified atom stereocenters. The molecule has 102 valence electrons. The molecule has 4 fully saturated rings. The number of carbonyl (C=O) groups excluding carboxylic acids is 1. The van der Waals surface area contributed by atoms with E-state index >= 15 is 0 Å². The molecular formula is C16H26O2. The van der Waals surface area contributed by atoms with Crippen molar-refractivity contribution in [1.29, 1.82) is 0 Å². The van der Waals surface area contributed by atoms with Gasteiger partial charge in [-0.3, -0.25) is 4.79 Å². The Bertz CT molecular complexity index is 315. The van der Waals surface area contributed by atoms with Crippen LogP contribution in [0, 0.1) is 28.6 Å². The molecule has 0 aromatic carbocycles. The minimum atomic E-state index is -0.0833. The average molecular weight is 250 g/mol. The van der Waals surface area contributed by atoms with Gasteiger partial charge in [-0.05, 0) is 61.7 Å². The van der Waals surface area contributed by atoms with Gasteiger partial charge in [-0.1, -0.05) is 20.8 Å². The first-order chi connectivity index (χ1) is 8.36. The molecule has 2 heteroatoms. The molecule has 4 saturated carbocycles. The lowest BCUT2D eigenvalue weighted by atomic mass is 9.49. The number of ether oxygens (including phenoxy) is 1. The summed E-state index contributed by atoms with van der Waals surface area (Å²) in [4.78, 5) is 12.5. The molecule has 0 aromatic heterocycles. The van der Waals surface area contributed by atoms with Crippen LogP contribution in [0.25, 0.3) is 0 Å². The van der Waals surface area contributed by atoms with Crippen molar-refractivity contribution in [3.63, 3.8) is 0 Å². The van der Waals surface area contributed by atoms with Gasteiger partial charge in [0.2, 0.25) is 0 Å². The molecule has 4 aliphatic carbocycles. The first kappa shape index (κ1) is 12.5. The van der Waals surface area contributed by atoms with E-state index in [4.69, 9.17) is 4.74 Å². The van der Waals surface area contributed by atoms with Gasteiger partial charge in [0.05, 0.1) is 12.0 Å². The van der Waals surface area contributed by atoms with E-state index in [0.717, 1.165) is 37.0 Å². The van der Waals surface area contributed by atoms with Crippen LogP contribution in [0.15, 0.2) is 0 Å². The van der Waals surface area contributed by atoms with E-state index in [1.165, 1.54) is 19.3 Å². The summed E-state index contributed by atoms with van der Waals surface area (Å²) in [6, 6.07) is 0. The Morgan fingerprint density at radius 2 is 1.50 bits per heavy atom. The van der Waals surface area contributed by atoms with Gasteiger partial charge in [-0.15, -0.1) is 0 Å². The maximum Gasteiger partial charge on any atom is 0.312 e. The maximum atomic E-state index is 12.5. The van der Waals surface area contributed by atoms with Crippen molar-refractivity contribution in [2.45, 2.75) is 59.3 Å². The van der Waals surface area contributed by atoms with Gasteiger partial charge in [0.25, 0.3) is 0 Å². The van der Waals surface area contributed by atoms with Crippen molar-refractivity contribution in [2.24, 2.45) is 28.6 Å². The smallest absolute Gasteiger partial charge is 0.312 e. The number of rotatable bonds is 2. The van der Waals surface area contributed by atoms with Crippen LogP contribution < -0.4 is 0 Å². The summed E-state index contributed by atoms with van der Waals surface area (Å²) in [7, 11) is 0. The van der Waals surface area contributed by atoms with Gasteiger partial charge in [0, 0.05) is 0 Å². The SMILES string of the molecule is CC(C)(C)COC(=O)C12CC3CC(CC(C3)C1)C2. The molecule has 0 atom stereocenters. The van der Waals surface area contributed by atoms with Gasteiger partial charge in [-0.25, -0.2) is 0 Å². The molecule has 4 rings (SSSR count). The van der Waals surface area contributed by atoms with E-state index in [-0.39, 0.29) is 16.8 Å². The molecule has 0 saturated heterocycles. The Kier molecular flexibility index (Phi) is 2.76. The minimum absolute atomic E-state index is 0.0813. The predicted molar refractivity (Wildman–Crippen MR) is 71.0 cm³/mol. The van der Waals surface area contributed by atoms with Crippen LogP contribution in [0.2, 0.25) is 0 Å². The van der Waals surface area contributed by atoms with Crippen molar-refractivity contribution >= 4 is 5.97 Å². The van der Waals surface area contributed by atoms with Crippen molar-refractivity contribution in [1.82, 2.24) is 0 Å². The lowest BCUT2D eigenvalue weighted by Crippen LogP contribution is -2.50. The summed E-state index contributed by atoms with van der Waals surface area (Å²) in [5, 5.41) is 0. The van der Waals surface area contributed by atoms with Crippen molar-refractivity contribution in [3.05, 3.63) is 0 Å². The van der Waals surface area contributed by atoms with E-state index < -0.39 is 0 Å². The highest BCUT2D eigenvalue weighted by atomic mass is 16.5. The fraction of sp³-hybridized carbons (Fsp3) is 0.938. The Morgan fingerprint density at radius 3 is 1.89 bits per heavy atom. The third kappa shape index (κ3) is 2.19. The molecule has 18 heavy (non-hydrogen) atoms. The second-order valence-electron chi connectivity index (χ2n) is 8.33. The largest absolute Gasteiger partial charge is 0.465 e. The Hall–Kier alpha value is -0.530. The van der Waals surface area contributed by atoms with E-state index in [2.05, 4.69) is 20.8 Å². The van der Waals surface area contributed by atoms with Crippen LogP contribution in [0.1, 0.15) is 59.3 Å². The molecule has 0 spiro atoms. The molecule has 0 aliphatic heterocycles. The first-order valence-corrected chi connectivity index (χ1v) is 7.54. The molecule has 0 N–H and O–H groups in total. The lowest BCUT2D eigenvalue weighted by Gasteiger charge is -2.55. The van der Waals surface area contributed by atoms with E-state index in [9.17, 15) is 4.79 Å².